The number of carbonyl (C=O) groups is 1. The second-order valence-corrected chi connectivity index (χ2v) is 4.83. The first kappa shape index (κ1) is 17.3. The van der Waals surface area contributed by atoms with Crippen LogP contribution in [-0.4, -0.2) is 36.1 Å². The lowest BCUT2D eigenvalue weighted by Crippen LogP contribution is -3.00. The number of amides is 1. The molecule has 1 heterocycles. The number of carbonyl (C=O) groups excluding carboxylic acids is 1. The molecule has 4 N–H and O–H groups in total. The van der Waals surface area contributed by atoms with Crippen LogP contribution < -0.4 is 22.9 Å². The molecule has 1 aromatic carbocycles. The van der Waals surface area contributed by atoms with Crippen LogP contribution in [0.4, 0.5) is 4.79 Å². The van der Waals surface area contributed by atoms with Crippen molar-refractivity contribution in [2.45, 2.75) is 19.8 Å². The third-order valence-electron chi connectivity index (χ3n) is 3.43. The first-order valence-electron chi connectivity index (χ1n) is 6.98. The number of ether oxygens (including phenoxy) is 1. The van der Waals surface area contributed by atoms with Gasteiger partial charge in [-0.05, 0) is 31.0 Å². The average molecular weight is 312 g/mol. The highest BCUT2D eigenvalue weighted by Gasteiger charge is 2.14. The summed E-state index contributed by atoms with van der Waals surface area (Å²) in [5.41, 5.74) is 6.03. The molecule has 2 rings (SSSR count). The van der Waals surface area contributed by atoms with Crippen LogP contribution in [0.1, 0.15) is 18.9 Å². The van der Waals surface area contributed by atoms with Gasteiger partial charge in [-0.15, -0.1) is 0 Å². The summed E-state index contributed by atoms with van der Waals surface area (Å²) in [5.74, 6) is 0.619. The van der Waals surface area contributed by atoms with Gasteiger partial charge in [0.1, 0.15) is 5.75 Å². The number of hydrogen-bond donors (Lipinski definition) is 2. The van der Waals surface area contributed by atoms with Gasteiger partial charge in [-0.25, -0.2) is 4.79 Å². The van der Waals surface area contributed by atoms with Gasteiger partial charge < -0.3 is 32.8 Å². The minimum absolute atomic E-state index is 0. The minimum atomic E-state index is -0.329. The fourth-order valence-electron chi connectivity index (χ4n) is 2.12. The van der Waals surface area contributed by atoms with Crippen molar-refractivity contribution in [1.82, 2.24) is 9.88 Å². The highest BCUT2D eigenvalue weighted by atomic mass is 35.5. The van der Waals surface area contributed by atoms with Crippen molar-refractivity contribution < 1.29 is 27.7 Å². The molecule has 0 saturated heterocycles. The Bertz CT molecular complexity index is 598. The van der Waals surface area contributed by atoms with Crippen molar-refractivity contribution in [3.8, 4) is 5.75 Å². The number of nitrogens with zero attached hydrogens (tertiary/aromatic N) is 1. The Hall–Kier alpha value is -1.72. The predicted molar refractivity (Wildman–Crippen MR) is 78.7 cm³/mol. The fraction of sp³-hybridized carbons (Fsp3) is 0.400. The van der Waals surface area contributed by atoms with E-state index in [2.05, 4.69) is 10.7 Å². The van der Waals surface area contributed by atoms with Crippen molar-refractivity contribution in [3.63, 3.8) is 0 Å². The molecule has 116 valence electrons. The first-order valence-corrected chi connectivity index (χ1v) is 6.98. The largest absolute Gasteiger partial charge is 1.00 e. The van der Waals surface area contributed by atoms with Gasteiger partial charge in [0.05, 0.1) is 6.54 Å². The predicted octanol–water partition coefficient (Wildman–Crippen LogP) is -1.20. The quantitative estimate of drug-likeness (QED) is 0.728. The molecule has 1 aromatic heterocycles. The van der Waals surface area contributed by atoms with Crippen molar-refractivity contribution in [1.29, 1.82) is 0 Å². The molecule has 2 aromatic rings. The van der Waals surface area contributed by atoms with E-state index in [9.17, 15) is 4.79 Å². The lowest BCUT2D eigenvalue weighted by molar-refractivity contribution is -0.368. The van der Waals surface area contributed by atoms with E-state index in [1.165, 1.54) is 5.56 Å². The molecule has 0 aliphatic heterocycles. The zero-order chi connectivity index (χ0) is 14.5. The van der Waals surface area contributed by atoms with Gasteiger partial charge in [0.25, 0.3) is 0 Å². The minimum Gasteiger partial charge on any atom is -1.00 e. The Morgan fingerprint density at radius 2 is 2.19 bits per heavy atom. The number of benzene rings is 1. The number of rotatable bonds is 5. The van der Waals surface area contributed by atoms with E-state index in [0.717, 1.165) is 30.3 Å². The van der Waals surface area contributed by atoms with Crippen LogP contribution in [0, 0.1) is 0 Å². The van der Waals surface area contributed by atoms with E-state index in [-0.39, 0.29) is 18.5 Å². The highest BCUT2D eigenvalue weighted by molar-refractivity contribution is 5.91. The number of fused-ring (bicyclic) bond motifs is 1. The Morgan fingerprint density at radius 3 is 2.86 bits per heavy atom. The van der Waals surface area contributed by atoms with Crippen LogP contribution in [0.15, 0.2) is 24.4 Å². The van der Waals surface area contributed by atoms with Crippen molar-refractivity contribution in [2.75, 3.05) is 20.1 Å². The summed E-state index contributed by atoms with van der Waals surface area (Å²) in [6.45, 7) is 3.43. The third kappa shape index (κ3) is 3.89. The van der Waals surface area contributed by atoms with Gasteiger partial charge in [-0.3, -0.25) is 0 Å². The Kier molecular flexibility index (Phi) is 6.52. The van der Waals surface area contributed by atoms with Crippen LogP contribution in [0.25, 0.3) is 10.9 Å². The maximum Gasteiger partial charge on any atom is 0.414 e. The molecule has 0 aliphatic rings. The van der Waals surface area contributed by atoms with E-state index < -0.39 is 0 Å². The van der Waals surface area contributed by atoms with Crippen molar-refractivity contribution >= 4 is 17.0 Å². The smallest absolute Gasteiger partial charge is 0.414 e. The molecule has 5 nitrogen and oxygen atoms in total. The lowest BCUT2D eigenvalue weighted by Gasteiger charge is -2.15. The first-order chi connectivity index (χ1) is 9.67. The highest BCUT2D eigenvalue weighted by Crippen LogP contribution is 2.29. The summed E-state index contributed by atoms with van der Waals surface area (Å²) >= 11 is 0. The van der Waals surface area contributed by atoms with E-state index in [4.69, 9.17) is 4.74 Å². The zero-order valence-electron chi connectivity index (χ0n) is 12.5. The van der Waals surface area contributed by atoms with E-state index in [0.29, 0.717) is 12.3 Å². The van der Waals surface area contributed by atoms with Gasteiger partial charge >= 0.3 is 6.09 Å². The van der Waals surface area contributed by atoms with Gasteiger partial charge in [0.15, 0.2) is 0 Å². The summed E-state index contributed by atoms with van der Waals surface area (Å²) in [6, 6.07) is 5.72. The van der Waals surface area contributed by atoms with E-state index in [1.807, 2.05) is 31.3 Å². The Morgan fingerprint density at radius 1 is 1.43 bits per heavy atom. The number of hydrogen-bond acceptors (Lipinski definition) is 2. The summed E-state index contributed by atoms with van der Waals surface area (Å²) < 4.78 is 5.51. The second kappa shape index (κ2) is 7.90. The lowest BCUT2D eigenvalue weighted by atomic mass is 10.1. The molecule has 0 spiro atoms. The monoisotopic (exact) mass is 311 g/mol. The molecular weight excluding hydrogens is 290 g/mol. The van der Waals surface area contributed by atoms with Gasteiger partial charge in [-0.2, -0.15) is 0 Å². The van der Waals surface area contributed by atoms with Gasteiger partial charge in [-0.1, -0.05) is 6.07 Å². The maximum absolute atomic E-state index is 11.9. The topological polar surface area (TPSA) is 73.0 Å². The standard InChI is InChI=1S/C15H21N3O2.ClH/c1-3-18(2)15(19)20-13-8-4-7-12-14(13)11(10-17-12)6-5-9-16;/h4,7-8,10,17H,3,5-6,9,16H2,1-2H3;1H. The molecule has 0 aliphatic carbocycles. The summed E-state index contributed by atoms with van der Waals surface area (Å²) in [6.07, 6.45) is 3.61. The van der Waals surface area contributed by atoms with Crippen LogP contribution >= 0.6 is 0 Å². The second-order valence-electron chi connectivity index (χ2n) is 4.83. The SMILES string of the molecule is CCN(C)C(=O)Oc1cccc2[nH]cc(CCC[NH3+])c12.[Cl-]. The number of halogens is 1. The molecule has 0 atom stereocenters. The average Bonchev–Trinajstić information content (AvgIpc) is 2.88. The van der Waals surface area contributed by atoms with Crippen LogP contribution in [0.5, 0.6) is 5.75 Å². The van der Waals surface area contributed by atoms with E-state index >= 15 is 0 Å². The Labute approximate surface area is 130 Å². The molecular formula is C15H22ClN3O2. The number of aryl methyl sites for hydroxylation is 1. The van der Waals surface area contributed by atoms with Crippen LogP contribution in [0.2, 0.25) is 0 Å². The zero-order valence-corrected chi connectivity index (χ0v) is 13.2. The molecule has 0 fully saturated rings. The molecule has 0 bridgehead atoms. The summed E-state index contributed by atoms with van der Waals surface area (Å²) in [7, 11) is 1.73. The normalized spacial score (nSPS) is 10.2. The molecule has 0 radical (unpaired) electrons. The molecule has 1 amide bonds. The fourth-order valence-corrected chi connectivity index (χ4v) is 2.12. The Balaban J connectivity index is 0.00000220. The number of nitrogens with one attached hydrogen (secondary N) is 1. The number of aromatic amines is 1. The summed E-state index contributed by atoms with van der Waals surface area (Å²) in [4.78, 5) is 16.7. The number of quaternary nitrogens is 1. The maximum atomic E-state index is 11.9. The summed E-state index contributed by atoms with van der Waals surface area (Å²) in [5, 5.41) is 0.999. The van der Waals surface area contributed by atoms with Crippen LogP contribution in [0.3, 0.4) is 0 Å². The van der Waals surface area contributed by atoms with E-state index in [1.54, 1.807) is 11.9 Å². The molecule has 0 unspecified atom stereocenters. The van der Waals surface area contributed by atoms with Crippen molar-refractivity contribution in [2.24, 2.45) is 0 Å². The molecule has 21 heavy (non-hydrogen) atoms. The number of aromatic nitrogens is 1. The van der Waals surface area contributed by atoms with Crippen LogP contribution in [-0.2, 0) is 6.42 Å². The van der Waals surface area contributed by atoms with Crippen molar-refractivity contribution in [3.05, 3.63) is 30.0 Å². The third-order valence-corrected chi connectivity index (χ3v) is 3.43. The molecule has 0 saturated carbocycles. The van der Waals surface area contributed by atoms with Gasteiger partial charge in [0.2, 0.25) is 0 Å². The van der Waals surface area contributed by atoms with Gasteiger partial charge in [0, 0.05) is 37.1 Å². The number of H-pyrrole nitrogens is 1. The molecule has 6 heteroatoms.